The van der Waals surface area contributed by atoms with Gasteiger partial charge in [0.25, 0.3) is 0 Å². The zero-order valence-electron chi connectivity index (χ0n) is 12.7. The largest absolute Gasteiger partial charge is 0.346 e. The molecule has 5 rings (SSSR count). The number of nitrogens with one attached hydrogen (secondary N) is 1. The quantitative estimate of drug-likeness (QED) is 0.537. The van der Waals surface area contributed by atoms with E-state index in [1.807, 2.05) is 47.5 Å². The lowest BCUT2D eigenvalue weighted by molar-refractivity contribution is 0.962. The highest BCUT2D eigenvalue weighted by atomic mass is 15.2. The molecule has 5 aromatic rings. The van der Waals surface area contributed by atoms with Gasteiger partial charge in [0.05, 0.1) is 5.52 Å². The first kappa shape index (κ1) is 13.0. The Bertz CT molecular complexity index is 1150. The summed E-state index contributed by atoms with van der Waals surface area (Å²) in [7, 11) is 0. The zero-order valence-corrected chi connectivity index (χ0v) is 12.7. The van der Waals surface area contributed by atoms with Crippen molar-refractivity contribution >= 4 is 16.6 Å². The van der Waals surface area contributed by atoms with Gasteiger partial charge < -0.3 is 4.98 Å². The van der Waals surface area contributed by atoms with Crippen LogP contribution in [0.4, 0.5) is 0 Å². The van der Waals surface area contributed by atoms with Gasteiger partial charge in [-0.05, 0) is 35.9 Å². The molecule has 0 atom stereocenters. The molecule has 5 aromatic heterocycles. The van der Waals surface area contributed by atoms with Crippen molar-refractivity contribution < 1.29 is 0 Å². The SMILES string of the molecule is c1cncc(-c2cnc3[nH]cc(-c4ccn5nccc5c4)c3c2)c1. The van der Waals surface area contributed by atoms with Crippen LogP contribution in [0.5, 0.6) is 0 Å². The summed E-state index contributed by atoms with van der Waals surface area (Å²) in [6.45, 7) is 0. The van der Waals surface area contributed by atoms with E-state index in [1.54, 1.807) is 12.4 Å². The van der Waals surface area contributed by atoms with Gasteiger partial charge in [0.15, 0.2) is 0 Å². The minimum Gasteiger partial charge on any atom is -0.346 e. The number of pyridine rings is 3. The molecule has 0 saturated carbocycles. The topological polar surface area (TPSA) is 58.9 Å². The molecule has 24 heavy (non-hydrogen) atoms. The number of fused-ring (bicyclic) bond motifs is 2. The molecule has 5 nitrogen and oxygen atoms in total. The molecule has 1 N–H and O–H groups in total. The normalized spacial score (nSPS) is 11.3. The molecule has 0 bridgehead atoms. The molecule has 0 aliphatic rings. The van der Waals surface area contributed by atoms with E-state index in [4.69, 9.17) is 0 Å². The number of hydrogen-bond acceptors (Lipinski definition) is 3. The number of nitrogens with zero attached hydrogens (tertiary/aromatic N) is 4. The van der Waals surface area contributed by atoms with Crippen molar-refractivity contribution in [2.45, 2.75) is 0 Å². The van der Waals surface area contributed by atoms with Crippen LogP contribution in [0.25, 0.3) is 38.8 Å². The minimum atomic E-state index is 0.881. The Hall–Kier alpha value is -3.47. The highest BCUT2D eigenvalue weighted by molar-refractivity contribution is 5.96. The Kier molecular flexibility index (Phi) is 2.72. The molecule has 0 fully saturated rings. The van der Waals surface area contributed by atoms with Gasteiger partial charge in [-0.25, -0.2) is 9.50 Å². The highest BCUT2D eigenvalue weighted by Crippen LogP contribution is 2.31. The van der Waals surface area contributed by atoms with Gasteiger partial charge in [0, 0.05) is 59.3 Å². The summed E-state index contributed by atoms with van der Waals surface area (Å²) in [5.74, 6) is 0. The fourth-order valence-electron chi connectivity index (χ4n) is 3.02. The Labute approximate surface area is 137 Å². The summed E-state index contributed by atoms with van der Waals surface area (Å²) >= 11 is 0. The van der Waals surface area contributed by atoms with Crippen LogP contribution in [0.1, 0.15) is 0 Å². The Balaban J connectivity index is 1.71. The van der Waals surface area contributed by atoms with E-state index < -0.39 is 0 Å². The maximum absolute atomic E-state index is 4.56. The first-order chi connectivity index (χ1) is 11.9. The van der Waals surface area contributed by atoms with Crippen LogP contribution >= 0.6 is 0 Å². The third-order valence-corrected chi connectivity index (χ3v) is 4.24. The lowest BCUT2D eigenvalue weighted by Gasteiger charge is -2.03. The van der Waals surface area contributed by atoms with Gasteiger partial charge in [-0.3, -0.25) is 4.98 Å². The van der Waals surface area contributed by atoms with E-state index in [0.29, 0.717) is 0 Å². The molecule has 5 heterocycles. The van der Waals surface area contributed by atoms with Crippen LogP contribution in [-0.4, -0.2) is 24.6 Å². The third kappa shape index (κ3) is 1.99. The summed E-state index contributed by atoms with van der Waals surface area (Å²) < 4.78 is 1.86. The van der Waals surface area contributed by atoms with Crippen molar-refractivity contribution in [1.82, 2.24) is 24.6 Å². The van der Waals surface area contributed by atoms with Crippen LogP contribution < -0.4 is 0 Å². The predicted molar refractivity (Wildman–Crippen MR) is 93.5 cm³/mol. The Morgan fingerprint density at radius 1 is 0.917 bits per heavy atom. The standard InChI is InChI=1S/C19H13N5/c1-2-14(10-20-5-1)15-9-17-18(12-22-19(17)21-11-15)13-4-7-24-16(8-13)3-6-23-24/h1-12H,(H,21,22). The molecular weight excluding hydrogens is 298 g/mol. The summed E-state index contributed by atoms with van der Waals surface area (Å²) in [4.78, 5) is 12.0. The Morgan fingerprint density at radius 2 is 1.92 bits per heavy atom. The fourth-order valence-corrected chi connectivity index (χ4v) is 3.02. The van der Waals surface area contributed by atoms with Crippen LogP contribution in [0, 0.1) is 0 Å². The summed E-state index contributed by atoms with van der Waals surface area (Å²) in [5.41, 5.74) is 6.34. The fraction of sp³-hybridized carbons (Fsp3) is 0. The summed E-state index contributed by atoms with van der Waals surface area (Å²) in [6.07, 6.45) is 11.3. The summed E-state index contributed by atoms with van der Waals surface area (Å²) in [6, 6.07) is 12.3. The smallest absolute Gasteiger partial charge is 0.137 e. The van der Waals surface area contributed by atoms with Crippen molar-refractivity contribution in [3.8, 4) is 22.3 Å². The molecule has 0 aliphatic carbocycles. The molecule has 0 spiro atoms. The maximum Gasteiger partial charge on any atom is 0.137 e. The second kappa shape index (κ2) is 5.03. The maximum atomic E-state index is 4.56. The third-order valence-electron chi connectivity index (χ3n) is 4.24. The van der Waals surface area contributed by atoms with Crippen molar-refractivity contribution in [2.75, 3.05) is 0 Å². The number of aromatic nitrogens is 5. The van der Waals surface area contributed by atoms with Crippen molar-refractivity contribution in [3.05, 3.63) is 73.6 Å². The lowest BCUT2D eigenvalue weighted by atomic mass is 10.0. The van der Waals surface area contributed by atoms with Gasteiger partial charge in [0.2, 0.25) is 0 Å². The number of hydrogen-bond donors (Lipinski definition) is 1. The van der Waals surface area contributed by atoms with Gasteiger partial charge in [-0.1, -0.05) is 6.07 Å². The van der Waals surface area contributed by atoms with Crippen molar-refractivity contribution in [2.24, 2.45) is 0 Å². The molecule has 114 valence electrons. The van der Waals surface area contributed by atoms with E-state index in [-0.39, 0.29) is 0 Å². The molecule has 0 amide bonds. The van der Waals surface area contributed by atoms with E-state index >= 15 is 0 Å². The van der Waals surface area contributed by atoms with E-state index in [1.165, 1.54) is 0 Å². The van der Waals surface area contributed by atoms with E-state index in [9.17, 15) is 0 Å². The van der Waals surface area contributed by atoms with Crippen LogP contribution in [0.2, 0.25) is 0 Å². The van der Waals surface area contributed by atoms with Crippen LogP contribution in [0.3, 0.4) is 0 Å². The van der Waals surface area contributed by atoms with Crippen LogP contribution in [-0.2, 0) is 0 Å². The van der Waals surface area contributed by atoms with Gasteiger partial charge in [0.1, 0.15) is 5.65 Å². The van der Waals surface area contributed by atoms with Gasteiger partial charge in [-0.15, -0.1) is 0 Å². The molecule has 0 aromatic carbocycles. The molecule has 0 aliphatic heterocycles. The minimum absolute atomic E-state index is 0.881. The zero-order chi connectivity index (χ0) is 15.9. The second-order valence-electron chi connectivity index (χ2n) is 5.68. The predicted octanol–water partition coefficient (Wildman–Crippen LogP) is 3.94. The highest BCUT2D eigenvalue weighted by Gasteiger charge is 2.10. The van der Waals surface area contributed by atoms with Crippen molar-refractivity contribution in [3.63, 3.8) is 0 Å². The van der Waals surface area contributed by atoms with Crippen molar-refractivity contribution in [1.29, 1.82) is 0 Å². The molecule has 0 saturated heterocycles. The number of rotatable bonds is 2. The average Bonchev–Trinajstić information content (AvgIpc) is 3.27. The molecule has 0 unspecified atom stereocenters. The first-order valence-corrected chi connectivity index (χ1v) is 7.70. The van der Waals surface area contributed by atoms with Gasteiger partial charge >= 0.3 is 0 Å². The monoisotopic (exact) mass is 311 g/mol. The van der Waals surface area contributed by atoms with E-state index in [2.05, 4.69) is 38.2 Å². The Morgan fingerprint density at radius 3 is 2.83 bits per heavy atom. The lowest BCUT2D eigenvalue weighted by Crippen LogP contribution is -1.86. The van der Waals surface area contributed by atoms with Crippen LogP contribution in [0.15, 0.2) is 73.6 Å². The van der Waals surface area contributed by atoms with E-state index in [0.717, 1.165) is 38.8 Å². The second-order valence-corrected chi connectivity index (χ2v) is 5.68. The molecular formula is C19H13N5. The molecule has 5 heteroatoms. The average molecular weight is 311 g/mol. The van der Waals surface area contributed by atoms with Gasteiger partial charge in [-0.2, -0.15) is 5.10 Å². The molecule has 0 radical (unpaired) electrons. The number of H-pyrrole nitrogens is 1. The summed E-state index contributed by atoms with van der Waals surface area (Å²) in [5, 5.41) is 5.34. The number of aromatic amines is 1. The first-order valence-electron chi connectivity index (χ1n) is 7.70.